The molecule has 15 heavy (non-hydrogen) atoms. The standard InChI is InChI=1S/C7H9N7S/c1-15-7-11-5(13-8)10-6(12-7)14-4-2-3-9-14/h2-4H,8H2,1H3,(H,10,11,12,13). The zero-order valence-electron chi connectivity index (χ0n) is 7.95. The van der Waals surface area contributed by atoms with Crippen LogP contribution in [0.1, 0.15) is 0 Å². The van der Waals surface area contributed by atoms with Crippen molar-refractivity contribution in [3.8, 4) is 5.95 Å². The summed E-state index contributed by atoms with van der Waals surface area (Å²) in [6.07, 6.45) is 5.28. The molecule has 0 aliphatic carbocycles. The van der Waals surface area contributed by atoms with Gasteiger partial charge >= 0.3 is 0 Å². The topological polar surface area (TPSA) is 94.5 Å². The fraction of sp³-hybridized carbons (Fsp3) is 0.143. The lowest BCUT2D eigenvalue weighted by Crippen LogP contribution is -2.14. The summed E-state index contributed by atoms with van der Waals surface area (Å²) in [5, 5.41) is 4.61. The Morgan fingerprint density at radius 1 is 1.40 bits per heavy atom. The molecule has 0 fully saturated rings. The summed E-state index contributed by atoms with van der Waals surface area (Å²) in [6.45, 7) is 0. The van der Waals surface area contributed by atoms with Gasteiger partial charge in [-0.2, -0.15) is 20.1 Å². The highest BCUT2D eigenvalue weighted by Crippen LogP contribution is 2.11. The van der Waals surface area contributed by atoms with E-state index in [1.54, 1.807) is 23.1 Å². The number of nitrogens with one attached hydrogen (secondary N) is 1. The predicted molar refractivity (Wildman–Crippen MR) is 56.5 cm³/mol. The van der Waals surface area contributed by atoms with Gasteiger partial charge in [-0.25, -0.2) is 10.5 Å². The quantitative estimate of drug-likeness (QED) is 0.431. The number of nitrogen functional groups attached to an aromatic ring is 1. The van der Waals surface area contributed by atoms with Crippen LogP contribution in [0.3, 0.4) is 0 Å². The average Bonchev–Trinajstić information content (AvgIpc) is 2.81. The maximum Gasteiger partial charge on any atom is 0.256 e. The van der Waals surface area contributed by atoms with E-state index in [9.17, 15) is 0 Å². The monoisotopic (exact) mass is 223 g/mol. The molecule has 0 amide bonds. The average molecular weight is 223 g/mol. The number of nitrogens with two attached hydrogens (primary N) is 1. The Labute approximate surface area is 90.1 Å². The highest BCUT2D eigenvalue weighted by molar-refractivity contribution is 7.98. The lowest BCUT2D eigenvalue weighted by molar-refractivity contribution is 0.761. The predicted octanol–water partition coefficient (Wildman–Crippen LogP) is 0.0648. The minimum absolute atomic E-state index is 0.319. The number of hydrogen-bond donors (Lipinski definition) is 2. The minimum Gasteiger partial charge on any atom is -0.292 e. The normalized spacial score (nSPS) is 10.3. The summed E-state index contributed by atoms with van der Waals surface area (Å²) in [6, 6.07) is 1.79. The smallest absolute Gasteiger partial charge is 0.256 e. The van der Waals surface area contributed by atoms with Crippen molar-refractivity contribution in [2.24, 2.45) is 5.84 Å². The van der Waals surface area contributed by atoms with Crippen molar-refractivity contribution in [2.75, 3.05) is 11.7 Å². The number of anilines is 1. The first-order valence-electron chi connectivity index (χ1n) is 4.10. The number of thioether (sulfide) groups is 1. The van der Waals surface area contributed by atoms with E-state index < -0.39 is 0 Å². The summed E-state index contributed by atoms with van der Waals surface area (Å²) in [5.74, 6) is 6.01. The van der Waals surface area contributed by atoms with Gasteiger partial charge < -0.3 is 0 Å². The zero-order chi connectivity index (χ0) is 10.7. The second-order valence-corrected chi connectivity index (χ2v) is 3.31. The molecule has 0 aromatic carbocycles. The maximum atomic E-state index is 5.25. The van der Waals surface area contributed by atoms with Gasteiger partial charge in [0.15, 0.2) is 5.16 Å². The van der Waals surface area contributed by atoms with Crippen molar-refractivity contribution < 1.29 is 0 Å². The zero-order valence-corrected chi connectivity index (χ0v) is 8.77. The van der Waals surface area contributed by atoms with Crippen molar-refractivity contribution in [3.05, 3.63) is 18.5 Å². The SMILES string of the molecule is CSc1nc(NN)nc(-n2cccn2)n1. The van der Waals surface area contributed by atoms with Crippen LogP contribution in [0.15, 0.2) is 23.6 Å². The van der Waals surface area contributed by atoms with E-state index in [4.69, 9.17) is 5.84 Å². The lowest BCUT2D eigenvalue weighted by Gasteiger charge is -2.04. The summed E-state index contributed by atoms with van der Waals surface area (Å²) >= 11 is 1.41. The molecule has 7 nitrogen and oxygen atoms in total. The van der Waals surface area contributed by atoms with E-state index in [1.165, 1.54) is 11.8 Å². The van der Waals surface area contributed by atoms with Crippen LogP contribution < -0.4 is 11.3 Å². The van der Waals surface area contributed by atoms with E-state index >= 15 is 0 Å². The summed E-state index contributed by atoms with van der Waals surface area (Å²) in [4.78, 5) is 12.3. The molecule has 2 heterocycles. The first-order chi connectivity index (χ1) is 7.33. The maximum absolute atomic E-state index is 5.25. The second-order valence-electron chi connectivity index (χ2n) is 2.54. The number of hydrazine groups is 1. The Balaban J connectivity index is 2.47. The summed E-state index contributed by atoms with van der Waals surface area (Å²) in [5.41, 5.74) is 2.39. The molecule has 0 bridgehead atoms. The van der Waals surface area contributed by atoms with E-state index in [0.717, 1.165) is 0 Å². The highest BCUT2D eigenvalue weighted by atomic mass is 32.2. The number of nitrogens with zero attached hydrogens (tertiary/aromatic N) is 5. The fourth-order valence-electron chi connectivity index (χ4n) is 0.991. The van der Waals surface area contributed by atoms with Gasteiger partial charge in [0, 0.05) is 12.4 Å². The first kappa shape index (κ1) is 9.87. The van der Waals surface area contributed by atoms with Gasteiger partial charge in [-0.05, 0) is 12.3 Å². The molecular weight excluding hydrogens is 214 g/mol. The summed E-state index contributed by atoms with van der Waals surface area (Å²) in [7, 11) is 0. The van der Waals surface area contributed by atoms with E-state index in [0.29, 0.717) is 17.1 Å². The molecular formula is C7H9N7S. The van der Waals surface area contributed by atoms with Crippen LogP contribution in [0.5, 0.6) is 0 Å². The molecule has 2 aromatic rings. The molecule has 0 atom stereocenters. The first-order valence-corrected chi connectivity index (χ1v) is 5.32. The second kappa shape index (κ2) is 4.24. The molecule has 0 radical (unpaired) electrons. The van der Waals surface area contributed by atoms with Crippen LogP contribution in [0.4, 0.5) is 5.95 Å². The van der Waals surface area contributed by atoms with Gasteiger partial charge in [0.1, 0.15) is 0 Å². The Morgan fingerprint density at radius 2 is 2.27 bits per heavy atom. The van der Waals surface area contributed by atoms with E-state index in [2.05, 4.69) is 25.5 Å². The molecule has 8 heteroatoms. The Morgan fingerprint density at radius 3 is 2.87 bits per heavy atom. The molecule has 78 valence electrons. The molecule has 3 N–H and O–H groups in total. The number of aromatic nitrogens is 5. The van der Waals surface area contributed by atoms with Crippen LogP contribution in [0, 0.1) is 0 Å². The molecule has 0 aliphatic rings. The molecule has 0 unspecified atom stereocenters. The van der Waals surface area contributed by atoms with Crippen molar-refractivity contribution >= 4 is 17.7 Å². The molecule has 0 spiro atoms. The van der Waals surface area contributed by atoms with Crippen LogP contribution >= 0.6 is 11.8 Å². The van der Waals surface area contributed by atoms with Gasteiger partial charge in [-0.15, -0.1) is 0 Å². The largest absolute Gasteiger partial charge is 0.292 e. The minimum atomic E-state index is 0.319. The van der Waals surface area contributed by atoms with Crippen LogP contribution in [0.25, 0.3) is 5.95 Å². The van der Waals surface area contributed by atoms with Crippen LogP contribution in [-0.2, 0) is 0 Å². The Kier molecular flexibility index (Phi) is 2.79. The van der Waals surface area contributed by atoms with E-state index in [1.807, 2.05) is 6.26 Å². The van der Waals surface area contributed by atoms with Crippen molar-refractivity contribution in [1.29, 1.82) is 0 Å². The third kappa shape index (κ3) is 2.05. The molecule has 2 aromatic heterocycles. The third-order valence-corrected chi connectivity index (χ3v) is 2.17. The van der Waals surface area contributed by atoms with Gasteiger partial charge in [-0.3, -0.25) is 5.43 Å². The van der Waals surface area contributed by atoms with Crippen molar-refractivity contribution in [1.82, 2.24) is 24.7 Å². The Hall–Kier alpha value is -1.67. The van der Waals surface area contributed by atoms with Crippen molar-refractivity contribution in [3.63, 3.8) is 0 Å². The molecule has 0 saturated heterocycles. The fourth-order valence-corrected chi connectivity index (χ4v) is 1.34. The van der Waals surface area contributed by atoms with Crippen LogP contribution in [-0.4, -0.2) is 31.0 Å². The number of rotatable bonds is 3. The van der Waals surface area contributed by atoms with Gasteiger partial charge in [-0.1, -0.05) is 11.8 Å². The number of hydrogen-bond acceptors (Lipinski definition) is 7. The lowest BCUT2D eigenvalue weighted by atomic mass is 10.7. The molecule has 0 saturated carbocycles. The Bertz CT molecular complexity index is 418. The van der Waals surface area contributed by atoms with Crippen molar-refractivity contribution in [2.45, 2.75) is 5.16 Å². The third-order valence-electron chi connectivity index (χ3n) is 1.62. The van der Waals surface area contributed by atoms with Crippen LogP contribution in [0.2, 0.25) is 0 Å². The van der Waals surface area contributed by atoms with Gasteiger partial charge in [0.2, 0.25) is 5.95 Å². The summed E-state index contributed by atoms with van der Waals surface area (Å²) < 4.78 is 1.54. The van der Waals surface area contributed by atoms with Gasteiger partial charge in [0.05, 0.1) is 0 Å². The molecule has 2 rings (SSSR count). The van der Waals surface area contributed by atoms with Gasteiger partial charge in [0.25, 0.3) is 5.95 Å². The molecule has 0 aliphatic heterocycles. The highest BCUT2D eigenvalue weighted by Gasteiger charge is 2.06. The van der Waals surface area contributed by atoms with E-state index in [-0.39, 0.29) is 0 Å².